The normalized spacial score (nSPS) is 16.7. The lowest BCUT2D eigenvalue weighted by Gasteiger charge is -2.11. The SMILES string of the molecule is O=C(NCCc1cccs1)C1Cc2ccccc2N1. The summed E-state index contributed by atoms with van der Waals surface area (Å²) < 4.78 is 0. The molecule has 98 valence electrons. The molecule has 1 atom stereocenters. The molecule has 1 unspecified atom stereocenters. The third-order valence-corrected chi connectivity index (χ3v) is 4.27. The van der Waals surface area contributed by atoms with Crippen molar-refractivity contribution in [3.63, 3.8) is 0 Å². The van der Waals surface area contributed by atoms with Gasteiger partial charge in [0, 0.05) is 23.5 Å². The lowest BCUT2D eigenvalue weighted by molar-refractivity contribution is -0.121. The molecule has 1 amide bonds. The summed E-state index contributed by atoms with van der Waals surface area (Å²) in [5.74, 6) is 0.0905. The van der Waals surface area contributed by atoms with E-state index in [9.17, 15) is 4.79 Å². The molecule has 3 rings (SSSR count). The number of benzene rings is 1. The number of nitrogens with one attached hydrogen (secondary N) is 2. The smallest absolute Gasteiger partial charge is 0.242 e. The van der Waals surface area contributed by atoms with E-state index in [2.05, 4.69) is 28.1 Å². The first-order chi connectivity index (χ1) is 9.33. The van der Waals surface area contributed by atoms with E-state index in [1.165, 1.54) is 10.4 Å². The number of anilines is 1. The van der Waals surface area contributed by atoms with Crippen LogP contribution >= 0.6 is 11.3 Å². The molecule has 4 heteroatoms. The predicted octanol–water partition coefficient (Wildman–Crippen LogP) is 2.44. The van der Waals surface area contributed by atoms with Gasteiger partial charge in [-0.25, -0.2) is 0 Å². The monoisotopic (exact) mass is 272 g/mol. The number of thiophene rings is 1. The van der Waals surface area contributed by atoms with Crippen molar-refractivity contribution in [3.05, 3.63) is 52.2 Å². The Balaban J connectivity index is 1.50. The molecule has 0 aliphatic carbocycles. The molecule has 2 aromatic rings. The van der Waals surface area contributed by atoms with E-state index in [4.69, 9.17) is 0 Å². The van der Waals surface area contributed by atoms with Crippen LogP contribution in [0.1, 0.15) is 10.4 Å². The zero-order valence-electron chi connectivity index (χ0n) is 10.6. The van der Waals surface area contributed by atoms with Gasteiger partial charge in [0.2, 0.25) is 5.91 Å². The number of rotatable bonds is 4. The van der Waals surface area contributed by atoms with Crippen LogP contribution in [0.25, 0.3) is 0 Å². The fourth-order valence-electron chi connectivity index (χ4n) is 2.34. The molecule has 3 nitrogen and oxygen atoms in total. The molecule has 1 aliphatic rings. The summed E-state index contributed by atoms with van der Waals surface area (Å²) in [7, 11) is 0. The van der Waals surface area contributed by atoms with Gasteiger partial charge in [-0.3, -0.25) is 4.79 Å². The van der Waals surface area contributed by atoms with Gasteiger partial charge >= 0.3 is 0 Å². The third kappa shape index (κ3) is 2.79. The number of para-hydroxylation sites is 1. The lowest BCUT2D eigenvalue weighted by atomic mass is 10.1. The highest BCUT2D eigenvalue weighted by atomic mass is 32.1. The van der Waals surface area contributed by atoms with Gasteiger partial charge in [0.25, 0.3) is 0 Å². The molecule has 2 heterocycles. The van der Waals surface area contributed by atoms with Crippen molar-refractivity contribution in [2.45, 2.75) is 18.9 Å². The molecule has 1 aliphatic heterocycles. The Hall–Kier alpha value is -1.81. The van der Waals surface area contributed by atoms with E-state index in [1.807, 2.05) is 24.3 Å². The van der Waals surface area contributed by atoms with Crippen LogP contribution in [-0.2, 0) is 17.6 Å². The van der Waals surface area contributed by atoms with E-state index in [1.54, 1.807) is 11.3 Å². The lowest BCUT2D eigenvalue weighted by Crippen LogP contribution is -2.39. The van der Waals surface area contributed by atoms with Crippen molar-refractivity contribution in [3.8, 4) is 0 Å². The van der Waals surface area contributed by atoms with Crippen LogP contribution in [0.15, 0.2) is 41.8 Å². The second-order valence-electron chi connectivity index (χ2n) is 4.68. The number of carbonyl (C=O) groups is 1. The van der Waals surface area contributed by atoms with E-state index < -0.39 is 0 Å². The highest BCUT2D eigenvalue weighted by Crippen LogP contribution is 2.25. The number of carbonyl (C=O) groups excluding carboxylic acids is 1. The largest absolute Gasteiger partial charge is 0.373 e. The molecular weight excluding hydrogens is 256 g/mol. The number of hydrogen-bond acceptors (Lipinski definition) is 3. The standard InChI is InChI=1S/C15H16N2OS/c18-15(16-8-7-12-5-3-9-19-12)14-10-11-4-1-2-6-13(11)17-14/h1-6,9,14,17H,7-8,10H2,(H,16,18). The Morgan fingerprint density at radius 2 is 2.21 bits per heavy atom. The molecule has 0 bridgehead atoms. The summed E-state index contributed by atoms with van der Waals surface area (Å²) in [6.07, 6.45) is 1.68. The van der Waals surface area contributed by atoms with Gasteiger partial charge in [-0.1, -0.05) is 24.3 Å². The second kappa shape index (κ2) is 5.45. The number of fused-ring (bicyclic) bond motifs is 1. The summed E-state index contributed by atoms with van der Waals surface area (Å²) in [5, 5.41) is 8.33. The van der Waals surface area contributed by atoms with Gasteiger partial charge in [0.05, 0.1) is 0 Å². The van der Waals surface area contributed by atoms with Crippen molar-refractivity contribution in [2.75, 3.05) is 11.9 Å². The molecular formula is C15H16N2OS. The Labute approximate surface area is 116 Å². The summed E-state index contributed by atoms with van der Waals surface area (Å²) in [4.78, 5) is 13.4. The van der Waals surface area contributed by atoms with Crippen molar-refractivity contribution >= 4 is 22.9 Å². The molecule has 2 N–H and O–H groups in total. The van der Waals surface area contributed by atoms with Crippen LogP contribution in [0, 0.1) is 0 Å². The first-order valence-electron chi connectivity index (χ1n) is 6.47. The summed E-state index contributed by atoms with van der Waals surface area (Å²) in [5.41, 5.74) is 2.31. The van der Waals surface area contributed by atoms with E-state index in [0.29, 0.717) is 6.54 Å². The van der Waals surface area contributed by atoms with Crippen molar-refractivity contribution in [1.82, 2.24) is 5.32 Å². The fourth-order valence-corrected chi connectivity index (χ4v) is 3.05. The van der Waals surface area contributed by atoms with E-state index in [-0.39, 0.29) is 11.9 Å². The predicted molar refractivity (Wildman–Crippen MR) is 78.6 cm³/mol. The zero-order chi connectivity index (χ0) is 13.1. The highest BCUT2D eigenvalue weighted by Gasteiger charge is 2.25. The Kier molecular flexibility index (Phi) is 3.51. The number of amides is 1. The number of hydrogen-bond donors (Lipinski definition) is 2. The molecule has 0 spiro atoms. The van der Waals surface area contributed by atoms with E-state index in [0.717, 1.165) is 18.5 Å². The second-order valence-corrected chi connectivity index (χ2v) is 5.71. The van der Waals surface area contributed by atoms with Crippen molar-refractivity contribution in [1.29, 1.82) is 0 Å². The highest BCUT2D eigenvalue weighted by molar-refractivity contribution is 7.09. The molecule has 0 saturated heterocycles. The Morgan fingerprint density at radius 1 is 1.32 bits per heavy atom. The maximum Gasteiger partial charge on any atom is 0.242 e. The maximum atomic E-state index is 12.1. The minimum atomic E-state index is -0.124. The molecule has 19 heavy (non-hydrogen) atoms. The van der Waals surface area contributed by atoms with Crippen LogP contribution in [0.3, 0.4) is 0 Å². The minimum absolute atomic E-state index is 0.0905. The fraction of sp³-hybridized carbons (Fsp3) is 0.267. The van der Waals surface area contributed by atoms with Crippen molar-refractivity contribution < 1.29 is 4.79 Å². The van der Waals surface area contributed by atoms with Crippen LogP contribution in [-0.4, -0.2) is 18.5 Å². The van der Waals surface area contributed by atoms with E-state index >= 15 is 0 Å². The first-order valence-corrected chi connectivity index (χ1v) is 7.35. The minimum Gasteiger partial charge on any atom is -0.373 e. The topological polar surface area (TPSA) is 41.1 Å². The van der Waals surface area contributed by atoms with Crippen molar-refractivity contribution in [2.24, 2.45) is 0 Å². The van der Waals surface area contributed by atoms with Gasteiger partial charge in [0.15, 0.2) is 0 Å². The quantitative estimate of drug-likeness (QED) is 0.897. The first kappa shape index (κ1) is 12.2. The van der Waals surface area contributed by atoms with Gasteiger partial charge in [-0.05, 0) is 29.5 Å². The molecule has 1 aromatic heterocycles. The van der Waals surface area contributed by atoms with Crippen LogP contribution in [0.5, 0.6) is 0 Å². The summed E-state index contributed by atoms with van der Waals surface area (Å²) >= 11 is 1.73. The van der Waals surface area contributed by atoms with Gasteiger partial charge in [-0.15, -0.1) is 11.3 Å². The molecule has 0 saturated carbocycles. The van der Waals surface area contributed by atoms with Crippen LogP contribution in [0.4, 0.5) is 5.69 Å². The average Bonchev–Trinajstić information content (AvgIpc) is 3.07. The average molecular weight is 272 g/mol. The third-order valence-electron chi connectivity index (χ3n) is 3.34. The van der Waals surface area contributed by atoms with Crippen LogP contribution in [0.2, 0.25) is 0 Å². The molecule has 0 radical (unpaired) electrons. The summed E-state index contributed by atoms with van der Waals surface area (Å²) in [6.45, 7) is 0.702. The maximum absolute atomic E-state index is 12.1. The Bertz CT molecular complexity index is 540. The van der Waals surface area contributed by atoms with Gasteiger partial charge in [0.1, 0.15) is 6.04 Å². The van der Waals surface area contributed by atoms with Gasteiger partial charge < -0.3 is 10.6 Å². The summed E-state index contributed by atoms with van der Waals surface area (Å²) in [6, 6.07) is 12.1. The Morgan fingerprint density at radius 3 is 3.00 bits per heavy atom. The van der Waals surface area contributed by atoms with Crippen LogP contribution < -0.4 is 10.6 Å². The van der Waals surface area contributed by atoms with Gasteiger partial charge in [-0.2, -0.15) is 0 Å². The molecule has 0 fully saturated rings. The zero-order valence-corrected chi connectivity index (χ0v) is 11.4. The molecule has 1 aromatic carbocycles.